The van der Waals surface area contributed by atoms with Crippen LogP contribution >= 0.6 is 24.0 Å². The van der Waals surface area contributed by atoms with Gasteiger partial charge < -0.3 is 15.1 Å². The summed E-state index contributed by atoms with van der Waals surface area (Å²) in [5.41, 5.74) is 0. The summed E-state index contributed by atoms with van der Waals surface area (Å²) in [5.74, 6) is 2.46. The molecule has 1 aromatic heterocycles. The Kier molecular flexibility index (Phi) is 8.99. The number of anilines is 1. The van der Waals surface area contributed by atoms with E-state index in [1.807, 2.05) is 54.7 Å². The van der Waals surface area contributed by atoms with E-state index in [0.717, 1.165) is 42.9 Å². The number of halogens is 1. The fourth-order valence-corrected chi connectivity index (χ4v) is 3.95. The van der Waals surface area contributed by atoms with Gasteiger partial charge in [-0.2, -0.15) is 0 Å². The monoisotopic (exact) mass is 499 g/mol. The highest BCUT2D eigenvalue weighted by molar-refractivity contribution is 14.0. The fraction of sp³-hybridized carbons (Fsp3) is 0.368. The quantitative estimate of drug-likeness (QED) is 0.389. The molecule has 146 valence electrons. The zero-order valence-corrected chi connectivity index (χ0v) is 18.6. The molecule has 0 aliphatic carbocycles. The van der Waals surface area contributed by atoms with Crippen LogP contribution in [0.1, 0.15) is 0 Å². The number of benzene rings is 1. The minimum Gasteiger partial charge on any atom is -0.355 e. The fourth-order valence-electron chi connectivity index (χ4n) is 2.97. The van der Waals surface area contributed by atoms with E-state index in [0.29, 0.717) is 12.3 Å². The predicted molar refractivity (Wildman–Crippen MR) is 123 cm³/mol. The first-order chi connectivity index (χ1) is 12.8. The largest absolute Gasteiger partial charge is 0.355 e. The van der Waals surface area contributed by atoms with Gasteiger partial charge in [0.05, 0.1) is 10.8 Å². The van der Waals surface area contributed by atoms with Crippen LogP contribution in [0, 0.1) is 0 Å². The Morgan fingerprint density at radius 1 is 1.11 bits per heavy atom. The van der Waals surface area contributed by atoms with E-state index in [1.165, 1.54) is 0 Å². The van der Waals surface area contributed by atoms with Gasteiger partial charge >= 0.3 is 0 Å². The van der Waals surface area contributed by atoms with E-state index in [-0.39, 0.29) is 24.0 Å². The van der Waals surface area contributed by atoms with Crippen LogP contribution in [-0.4, -0.2) is 65.6 Å². The van der Waals surface area contributed by atoms with Crippen molar-refractivity contribution in [3.05, 3.63) is 54.7 Å². The van der Waals surface area contributed by atoms with Crippen molar-refractivity contribution >= 4 is 46.6 Å². The van der Waals surface area contributed by atoms with Crippen molar-refractivity contribution < 1.29 is 4.21 Å². The number of hydrogen-bond donors (Lipinski definition) is 1. The lowest BCUT2D eigenvalue weighted by molar-refractivity contribution is 0.372. The van der Waals surface area contributed by atoms with E-state index in [9.17, 15) is 4.21 Å². The van der Waals surface area contributed by atoms with Crippen LogP contribution in [0.4, 0.5) is 5.82 Å². The Bertz CT molecular complexity index is 736. The maximum atomic E-state index is 12.3. The molecular weight excluding hydrogens is 473 g/mol. The topological polar surface area (TPSA) is 60.8 Å². The Morgan fingerprint density at radius 3 is 2.44 bits per heavy atom. The summed E-state index contributed by atoms with van der Waals surface area (Å²) in [7, 11) is 0.803. The molecule has 8 heteroatoms. The average molecular weight is 499 g/mol. The second-order valence-corrected chi connectivity index (χ2v) is 7.57. The van der Waals surface area contributed by atoms with Gasteiger partial charge in [-0.25, -0.2) is 4.98 Å². The molecule has 0 saturated carbocycles. The first-order valence-corrected chi connectivity index (χ1v) is 10.1. The molecule has 1 fully saturated rings. The SMILES string of the molecule is CN=C(NCCS(=O)c1ccccc1)N1CCN(c2ccccn2)CC1.I. The van der Waals surface area contributed by atoms with E-state index < -0.39 is 10.8 Å². The number of hydrogen-bond acceptors (Lipinski definition) is 4. The van der Waals surface area contributed by atoms with Crippen LogP contribution in [0.3, 0.4) is 0 Å². The molecule has 1 unspecified atom stereocenters. The maximum absolute atomic E-state index is 12.3. The van der Waals surface area contributed by atoms with Gasteiger partial charge in [0.2, 0.25) is 0 Å². The number of guanidine groups is 1. The van der Waals surface area contributed by atoms with Gasteiger partial charge in [0, 0.05) is 56.6 Å². The first kappa shape index (κ1) is 21.6. The van der Waals surface area contributed by atoms with Crippen molar-refractivity contribution in [1.29, 1.82) is 0 Å². The lowest BCUT2D eigenvalue weighted by Crippen LogP contribution is -2.53. The highest BCUT2D eigenvalue weighted by Gasteiger charge is 2.20. The van der Waals surface area contributed by atoms with E-state index in [2.05, 4.69) is 25.1 Å². The normalized spacial score (nSPS) is 15.8. The second-order valence-electron chi connectivity index (χ2n) is 6.00. The standard InChI is InChI=1S/C19H25N5OS.HI/c1-20-19(22-11-16-26(25)17-7-3-2-4-8-17)24-14-12-23(13-15-24)18-9-5-6-10-21-18;/h2-10H,11-16H2,1H3,(H,20,22);1H. The average Bonchev–Trinajstić information content (AvgIpc) is 2.72. The lowest BCUT2D eigenvalue weighted by Gasteiger charge is -2.37. The van der Waals surface area contributed by atoms with E-state index in [4.69, 9.17) is 0 Å². The van der Waals surface area contributed by atoms with Crippen LogP contribution in [0.2, 0.25) is 0 Å². The summed E-state index contributed by atoms with van der Waals surface area (Å²) >= 11 is 0. The number of aromatic nitrogens is 1. The number of pyridine rings is 1. The summed E-state index contributed by atoms with van der Waals surface area (Å²) in [6.07, 6.45) is 1.83. The summed E-state index contributed by atoms with van der Waals surface area (Å²) in [6.45, 7) is 4.23. The zero-order chi connectivity index (χ0) is 18.2. The van der Waals surface area contributed by atoms with E-state index >= 15 is 0 Å². The van der Waals surface area contributed by atoms with Crippen LogP contribution in [-0.2, 0) is 10.8 Å². The summed E-state index contributed by atoms with van der Waals surface area (Å²) in [4.78, 5) is 14.2. The van der Waals surface area contributed by atoms with Gasteiger partial charge in [0.15, 0.2) is 5.96 Å². The molecule has 1 aromatic carbocycles. The third-order valence-corrected chi connectivity index (χ3v) is 5.71. The Labute approximate surface area is 180 Å². The molecule has 0 amide bonds. The highest BCUT2D eigenvalue weighted by Crippen LogP contribution is 2.12. The lowest BCUT2D eigenvalue weighted by atomic mass is 10.3. The van der Waals surface area contributed by atoms with Gasteiger partial charge in [-0.1, -0.05) is 24.3 Å². The molecule has 0 spiro atoms. The molecule has 2 aromatic rings. The number of piperazine rings is 1. The highest BCUT2D eigenvalue weighted by atomic mass is 127. The van der Waals surface area contributed by atoms with Gasteiger partial charge in [0.25, 0.3) is 0 Å². The molecule has 2 heterocycles. The number of nitrogens with one attached hydrogen (secondary N) is 1. The van der Waals surface area contributed by atoms with Gasteiger partial charge in [0.1, 0.15) is 5.82 Å². The molecule has 1 aliphatic rings. The molecule has 6 nitrogen and oxygen atoms in total. The molecule has 1 N–H and O–H groups in total. The third-order valence-electron chi connectivity index (χ3n) is 4.34. The Hall–Kier alpha value is -1.68. The zero-order valence-electron chi connectivity index (χ0n) is 15.5. The molecule has 3 rings (SSSR count). The van der Waals surface area contributed by atoms with Crippen molar-refractivity contribution in [1.82, 2.24) is 15.2 Å². The molecule has 27 heavy (non-hydrogen) atoms. The number of aliphatic imine (C=N–C) groups is 1. The van der Waals surface area contributed by atoms with Crippen molar-refractivity contribution in [2.45, 2.75) is 4.90 Å². The van der Waals surface area contributed by atoms with Gasteiger partial charge in [-0.3, -0.25) is 9.20 Å². The van der Waals surface area contributed by atoms with Crippen molar-refractivity contribution in [3.8, 4) is 0 Å². The number of rotatable bonds is 5. The minimum atomic E-state index is -0.990. The summed E-state index contributed by atoms with van der Waals surface area (Å²) < 4.78 is 12.3. The smallest absolute Gasteiger partial charge is 0.193 e. The Balaban J connectivity index is 0.00000261. The van der Waals surface area contributed by atoms with Crippen molar-refractivity contribution in [3.63, 3.8) is 0 Å². The first-order valence-electron chi connectivity index (χ1n) is 8.83. The van der Waals surface area contributed by atoms with E-state index in [1.54, 1.807) is 7.05 Å². The van der Waals surface area contributed by atoms with Crippen molar-refractivity contribution in [2.75, 3.05) is 50.4 Å². The Morgan fingerprint density at radius 2 is 1.81 bits per heavy atom. The molecule has 0 bridgehead atoms. The maximum Gasteiger partial charge on any atom is 0.193 e. The molecule has 0 radical (unpaired) electrons. The van der Waals surface area contributed by atoms with Gasteiger partial charge in [-0.05, 0) is 24.3 Å². The van der Waals surface area contributed by atoms with Crippen LogP contribution in [0.15, 0.2) is 64.6 Å². The molecule has 1 aliphatic heterocycles. The summed E-state index contributed by atoms with van der Waals surface area (Å²) in [5, 5.41) is 3.34. The van der Waals surface area contributed by atoms with Crippen molar-refractivity contribution in [2.24, 2.45) is 4.99 Å². The summed E-state index contributed by atoms with van der Waals surface area (Å²) in [6, 6.07) is 15.6. The predicted octanol–water partition coefficient (Wildman–Crippen LogP) is 2.20. The van der Waals surface area contributed by atoms with Crippen LogP contribution in [0.5, 0.6) is 0 Å². The third kappa shape index (κ3) is 6.17. The molecule has 1 atom stereocenters. The molecular formula is C19H26IN5OS. The number of nitrogens with zero attached hydrogens (tertiary/aromatic N) is 4. The molecule has 1 saturated heterocycles. The minimum absolute atomic E-state index is 0. The van der Waals surface area contributed by atoms with Gasteiger partial charge in [-0.15, -0.1) is 24.0 Å². The second kappa shape index (κ2) is 11.2. The van der Waals surface area contributed by atoms with Crippen LogP contribution in [0.25, 0.3) is 0 Å². The van der Waals surface area contributed by atoms with Crippen LogP contribution < -0.4 is 10.2 Å².